The highest BCUT2D eigenvalue weighted by atomic mass is 16.1. The van der Waals surface area contributed by atoms with Gasteiger partial charge in [-0.15, -0.1) is 0 Å². The summed E-state index contributed by atoms with van der Waals surface area (Å²) < 4.78 is 0. The first-order valence-corrected chi connectivity index (χ1v) is 7.34. The number of benzene rings is 1. The molecule has 0 atom stereocenters. The first-order valence-electron chi connectivity index (χ1n) is 7.34. The minimum atomic E-state index is 0.150. The lowest BCUT2D eigenvalue weighted by Crippen LogP contribution is -2.43. The molecule has 0 saturated carbocycles. The average molecular weight is 270 g/mol. The normalized spacial score (nSPS) is 22.9. The number of hydrogen-bond donors (Lipinski definition) is 1. The van der Waals surface area contributed by atoms with Gasteiger partial charge in [-0.05, 0) is 37.9 Å². The standard InChI is InChI=1S/C17H22N2O/c1-19(2)12-13-11-17(7-9-18-10-8-17)15-6-4-3-5-14(15)16(13)20/h3-6,12,18H,7-11H2,1-2H3/b13-12+. The Hall–Kier alpha value is -1.61. The predicted molar refractivity (Wildman–Crippen MR) is 80.9 cm³/mol. The number of carbonyl (C=O) groups excluding carboxylic acids is 1. The Kier molecular flexibility index (Phi) is 3.38. The van der Waals surface area contributed by atoms with E-state index in [1.807, 2.05) is 37.3 Å². The number of nitrogens with one attached hydrogen (secondary N) is 1. The molecule has 3 rings (SSSR count). The van der Waals surface area contributed by atoms with Crippen LogP contribution >= 0.6 is 0 Å². The van der Waals surface area contributed by atoms with Crippen LogP contribution in [0.1, 0.15) is 35.2 Å². The zero-order valence-electron chi connectivity index (χ0n) is 12.3. The summed E-state index contributed by atoms with van der Waals surface area (Å²) in [6.07, 6.45) is 5.11. The third-order valence-corrected chi connectivity index (χ3v) is 4.54. The van der Waals surface area contributed by atoms with Crippen LogP contribution in [0, 0.1) is 0 Å². The minimum Gasteiger partial charge on any atom is -0.383 e. The van der Waals surface area contributed by atoms with E-state index in [9.17, 15) is 4.79 Å². The molecule has 1 aromatic carbocycles. The molecule has 1 N–H and O–H groups in total. The van der Waals surface area contributed by atoms with Crippen LogP contribution in [-0.4, -0.2) is 37.9 Å². The van der Waals surface area contributed by atoms with Gasteiger partial charge in [-0.1, -0.05) is 24.3 Å². The van der Waals surface area contributed by atoms with E-state index in [2.05, 4.69) is 17.4 Å². The molecule has 1 heterocycles. The van der Waals surface area contributed by atoms with Crippen LogP contribution in [0.5, 0.6) is 0 Å². The summed E-state index contributed by atoms with van der Waals surface area (Å²) in [6.45, 7) is 2.08. The van der Waals surface area contributed by atoms with Gasteiger partial charge in [0.1, 0.15) is 0 Å². The molecule has 0 radical (unpaired) electrons. The van der Waals surface area contributed by atoms with Gasteiger partial charge in [0.15, 0.2) is 5.78 Å². The molecule has 1 aromatic rings. The maximum atomic E-state index is 12.7. The van der Waals surface area contributed by atoms with Crippen molar-refractivity contribution in [3.8, 4) is 0 Å². The van der Waals surface area contributed by atoms with Crippen molar-refractivity contribution in [2.24, 2.45) is 0 Å². The molecule has 1 saturated heterocycles. The second kappa shape index (κ2) is 5.06. The summed E-state index contributed by atoms with van der Waals surface area (Å²) in [5, 5.41) is 3.44. The van der Waals surface area contributed by atoms with Gasteiger partial charge < -0.3 is 10.2 Å². The van der Waals surface area contributed by atoms with Crippen molar-refractivity contribution in [2.75, 3.05) is 27.2 Å². The van der Waals surface area contributed by atoms with Gasteiger partial charge in [-0.25, -0.2) is 0 Å². The minimum absolute atomic E-state index is 0.150. The van der Waals surface area contributed by atoms with E-state index >= 15 is 0 Å². The zero-order valence-corrected chi connectivity index (χ0v) is 12.3. The Labute approximate surface area is 120 Å². The number of nitrogens with zero attached hydrogens (tertiary/aromatic N) is 1. The molecule has 0 bridgehead atoms. The Bertz CT molecular complexity index is 554. The lowest BCUT2D eigenvalue weighted by Gasteiger charge is -2.42. The van der Waals surface area contributed by atoms with E-state index in [0.29, 0.717) is 0 Å². The number of rotatable bonds is 1. The Balaban J connectivity index is 2.12. The summed E-state index contributed by atoms with van der Waals surface area (Å²) in [5.74, 6) is 0.207. The molecule has 1 aliphatic heterocycles. The SMILES string of the molecule is CN(C)/C=C1\CC2(CCNCC2)c2ccccc2C1=O. The molecular formula is C17H22N2O. The van der Waals surface area contributed by atoms with Crippen LogP contribution in [0.15, 0.2) is 36.0 Å². The van der Waals surface area contributed by atoms with E-state index in [4.69, 9.17) is 0 Å². The van der Waals surface area contributed by atoms with Gasteiger partial charge in [0.05, 0.1) is 0 Å². The van der Waals surface area contributed by atoms with Gasteiger partial charge >= 0.3 is 0 Å². The highest BCUT2D eigenvalue weighted by Crippen LogP contribution is 2.45. The van der Waals surface area contributed by atoms with Crippen molar-refractivity contribution in [1.82, 2.24) is 10.2 Å². The third kappa shape index (κ3) is 2.16. The summed E-state index contributed by atoms with van der Waals surface area (Å²) in [5.41, 5.74) is 3.28. The molecule has 2 aliphatic rings. The van der Waals surface area contributed by atoms with Gasteiger partial charge in [0.2, 0.25) is 0 Å². The Morgan fingerprint density at radius 1 is 1.20 bits per heavy atom. The number of fused-ring (bicyclic) bond motifs is 2. The molecule has 0 amide bonds. The number of hydrogen-bond acceptors (Lipinski definition) is 3. The average Bonchev–Trinajstić information content (AvgIpc) is 2.45. The van der Waals surface area contributed by atoms with E-state index in [-0.39, 0.29) is 11.2 Å². The Morgan fingerprint density at radius 3 is 2.60 bits per heavy atom. The van der Waals surface area contributed by atoms with Crippen LogP contribution in [0.2, 0.25) is 0 Å². The summed E-state index contributed by atoms with van der Waals surface area (Å²) in [4.78, 5) is 14.6. The van der Waals surface area contributed by atoms with Crippen molar-refractivity contribution >= 4 is 5.78 Å². The Morgan fingerprint density at radius 2 is 1.90 bits per heavy atom. The highest BCUT2D eigenvalue weighted by Gasteiger charge is 2.42. The van der Waals surface area contributed by atoms with Gasteiger partial charge in [0, 0.05) is 36.8 Å². The molecular weight excluding hydrogens is 248 g/mol. The number of allylic oxidation sites excluding steroid dienone is 1. The largest absolute Gasteiger partial charge is 0.383 e. The van der Waals surface area contributed by atoms with Gasteiger partial charge in [-0.2, -0.15) is 0 Å². The van der Waals surface area contributed by atoms with Crippen molar-refractivity contribution in [1.29, 1.82) is 0 Å². The molecule has 1 fully saturated rings. The van der Waals surface area contributed by atoms with Crippen LogP contribution in [0.3, 0.4) is 0 Å². The van der Waals surface area contributed by atoms with Crippen LogP contribution in [0.25, 0.3) is 0 Å². The van der Waals surface area contributed by atoms with E-state index in [0.717, 1.165) is 43.5 Å². The van der Waals surface area contributed by atoms with Crippen molar-refractivity contribution in [3.63, 3.8) is 0 Å². The lowest BCUT2D eigenvalue weighted by molar-refractivity contribution is 0.100. The molecule has 20 heavy (non-hydrogen) atoms. The predicted octanol–water partition coefficient (Wildman–Crippen LogP) is 2.34. The number of piperidine rings is 1. The van der Waals surface area contributed by atoms with Gasteiger partial charge in [0.25, 0.3) is 0 Å². The summed E-state index contributed by atoms with van der Waals surface area (Å²) in [6, 6.07) is 8.19. The van der Waals surface area contributed by atoms with Crippen molar-refractivity contribution in [2.45, 2.75) is 24.7 Å². The number of Topliss-reactive ketones (excluding diaryl/α,β-unsaturated/α-hetero) is 1. The van der Waals surface area contributed by atoms with Gasteiger partial charge in [-0.3, -0.25) is 4.79 Å². The van der Waals surface area contributed by atoms with Crippen LogP contribution < -0.4 is 5.32 Å². The van der Waals surface area contributed by atoms with Crippen LogP contribution in [-0.2, 0) is 5.41 Å². The molecule has 1 spiro atoms. The molecule has 0 unspecified atom stereocenters. The number of ketones is 1. The fourth-order valence-electron chi connectivity index (χ4n) is 3.62. The quantitative estimate of drug-likeness (QED) is 0.795. The van der Waals surface area contributed by atoms with E-state index < -0.39 is 0 Å². The maximum absolute atomic E-state index is 12.7. The fourth-order valence-corrected chi connectivity index (χ4v) is 3.62. The molecule has 3 heteroatoms. The summed E-state index contributed by atoms with van der Waals surface area (Å²) in [7, 11) is 3.96. The third-order valence-electron chi connectivity index (χ3n) is 4.54. The molecule has 0 aromatic heterocycles. The topological polar surface area (TPSA) is 32.3 Å². The molecule has 3 nitrogen and oxygen atoms in total. The van der Waals surface area contributed by atoms with E-state index in [1.54, 1.807) is 0 Å². The second-order valence-electron chi connectivity index (χ2n) is 6.20. The molecule has 106 valence electrons. The summed E-state index contributed by atoms with van der Waals surface area (Å²) >= 11 is 0. The smallest absolute Gasteiger partial charge is 0.190 e. The lowest BCUT2D eigenvalue weighted by atomic mass is 9.63. The van der Waals surface area contributed by atoms with E-state index in [1.165, 1.54) is 5.56 Å². The number of carbonyl (C=O) groups is 1. The first-order chi connectivity index (χ1) is 9.62. The van der Waals surface area contributed by atoms with Crippen LogP contribution in [0.4, 0.5) is 0 Å². The first kappa shape index (κ1) is 13.4. The highest BCUT2D eigenvalue weighted by molar-refractivity contribution is 6.11. The van der Waals surface area contributed by atoms with Crippen molar-refractivity contribution in [3.05, 3.63) is 47.2 Å². The second-order valence-corrected chi connectivity index (χ2v) is 6.20. The molecule has 1 aliphatic carbocycles. The maximum Gasteiger partial charge on any atom is 0.190 e. The zero-order chi connectivity index (χ0) is 14.2. The fraction of sp³-hybridized carbons (Fsp3) is 0.471. The monoisotopic (exact) mass is 270 g/mol. The van der Waals surface area contributed by atoms with Crippen molar-refractivity contribution < 1.29 is 4.79 Å².